The van der Waals surface area contributed by atoms with E-state index in [1.54, 1.807) is 18.2 Å². The van der Waals surface area contributed by atoms with Crippen LogP contribution in [0.5, 0.6) is 5.75 Å². The van der Waals surface area contributed by atoms with E-state index in [2.05, 4.69) is 10.2 Å². The lowest BCUT2D eigenvalue weighted by Crippen LogP contribution is -2.21. The third kappa shape index (κ3) is 3.27. The zero-order valence-electron chi connectivity index (χ0n) is 13.0. The fraction of sp³-hybridized carbons (Fsp3) is 0.278. The molecule has 1 N–H and O–H groups in total. The Morgan fingerprint density at radius 1 is 1.13 bits per heavy atom. The maximum Gasteiger partial charge on any atom is 0.259 e. The molecule has 4 nitrogen and oxygen atoms in total. The molecule has 0 atom stereocenters. The molecule has 0 bridgehead atoms. The Bertz CT molecular complexity index is 712. The number of nitrogens with one attached hydrogen (secondary N) is 1. The first-order chi connectivity index (χ1) is 11.2. The summed E-state index contributed by atoms with van der Waals surface area (Å²) in [5.74, 6) is 0.168. The first-order valence-corrected chi connectivity index (χ1v) is 8.06. The lowest BCUT2D eigenvalue weighted by molar-refractivity contribution is 0.102. The van der Waals surface area contributed by atoms with Crippen LogP contribution in [0.25, 0.3) is 0 Å². The van der Waals surface area contributed by atoms with E-state index in [9.17, 15) is 4.79 Å². The second-order valence-corrected chi connectivity index (χ2v) is 5.89. The van der Waals surface area contributed by atoms with Gasteiger partial charge in [0.2, 0.25) is 0 Å². The Labute approximate surface area is 141 Å². The first-order valence-electron chi connectivity index (χ1n) is 7.68. The van der Waals surface area contributed by atoms with Crippen molar-refractivity contribution in [2.75, 3.05) is 30.4 Å². The van der Waals surface area contributed by atoms with Gasteiger partial charge in [-0.15, -0.1) is 0 Å². The van der Waals surface area contributed by atoms with Gasteiger partial charge in [-0.05, 0) is 37.1 Å². The summed E-state index contributed by atoms with van der Waals surface area (Å²) >= 11 is 6.10. The van der Waals surface area contributed by atoms with Crippen LogP contribution in [0.2, 0.25) is 5.02 Å². The van der Waals surface area contributed by atoms with E-state index in [0.717, 1.165) is 24.5 Å². The van der Waals surface area contributed by atoms with E-state index >= 15 is 0 Å². The lowest BCUT2D eigenvalue weighted by atomic mass is 10.1. The van der Waals surface area contributed by atoms with Gasteiger partial charge in [0, 0.05) is 13.1 Å². The number of para-hydroxylation sites is 3. The number of amides is 1. The van der Waals surface area contributed by atoms with Gasteiger partial charge in [0.15, 0.2) is 0 Å². The second kappa shape index (κ2) is 6.92. The summed E-state index contributed by atoms with van der Waals surface area (Å²) in [5, 5.41) is 3.41. The molecular formula is C18H19ClN2O2. The SMILES string of the molecule is COc1c(Cl)cccc1C(=O)Nc1ccccc1N1CCCC1. The molecule has 0 radical (unpaired) electrons. The van der Waals surface area contributed by atoms with Crippen LogP contribution in [0.1, 0.15) is 23.2 Å². The molecule has 0 aliphatic carbocycles. The van der Waals surface area contributed by atoms with E-state index in [4.69, 9.17) is 16.3 Å². The van der Waals surface area contributed by atoms with E-state index in [-0.39, 0.29) is 5.91 Å². The number of carbonyl (C=O) groups excluding carboxylic acids is 1. The Morgan fingerprint density at radius 3 is 2.61 bits per heavy atom. The Balaban J connectivity index is 1.88. The molecule has 120 valence electrons. The van der Waals surface area contributed by atoms with Crippen molar-refractivity contribution in [1.29, 1.82) is 0 Å². The molecule has 1 amide bonds. The number of nitrogens with zero attached hydrogens (tertiary/aromatic N) is 1. The van der Waals surface area contributed by atoms with Crippen LogP contribution in [0.3, 0.4) is 0 Å². The normalized spacial score (nSPS) is 13.9. The van der Waals surface area contributed by atoms with E-state index in [1.807, 2.05) is 24.3 Å². The van der Waals surface area contributed by atoms with Crippen molar-refractivity contribution >= 4 is 28.9 Å². The van der Waals surface area contributed by atoms with Crippen LogP contribution in [-0.2, 0) is 0 Å². The summed E-state index contributed by atoms with van der Waals surface area (Å²) in [6.45, 7) is 2.04. The number of carbonyl (C=O) groups is 1. The highest BCUT2D eigenvalue weighted by Crippen LogP contribution is 2.32. The number of benzene rings is 2. The highest BCUT2D eigenvalue weighted by molar-refractivity contribution is 6.32. The molecule has 2 aromatic carbocycles. The Hall–Kier alpha value is -2.20. The minimum Gasteiger partial charge on any atom is -0.494 e. The standard InChI is InChI=1S/C18H19ClN2O2/c1-23-17-13(7-6-8-14(17)19)18(22)20-15-9-2-3-10-16(15)21-11-4-5-12-21/h2-3,6-10H,4-5,11-12H2,1H3,(H,20,22). The number of ether oxygens (including phenoxy) is 1. The number of hydrogen-bond acceptors (Lipinski definition) is 3. The minimum absolute atomic E-state index is 0.226. The maximum atomic E-state index is 12.6. The Morgan fingerprint density at radius 2 is 1.87 bits per heavy atom. The van der Waals surface area contributed by atoms with Crippen LogP contribution in [0, 0.1) is 0 Å². The number of anilines is 2. The zero-order valence-corrected chi connectivity index (χ0v) is 13.8. The average Bonchev–Trinajstić information content (AvgIpc) is 3.09. The molecule has 0 saturated carbocycles. The van der Waals surface area contributed by atoms with Crippen molar-refractivity contribution in [2.24, 2.45) is 0 Å². The minimum atomic E-state index is -0.226. The molecule has 1 aliphatic rings. The molecular weight excluding hydrogens is 312 g/mol. The fourth-order valence-corrected chi connectivity index (χ4v) is 3.15. The fourth-order valence-electron chi connectivity index (χ4n) is 2.90. The number of methoxy groups -OCH3 is 1. The molecule has 3 rings (SSSR count). The molecule has 23 heavy (non-hydrogen) atoms. The summed E-state index contributed by atoms with van der Waals surface area (Å²) in [6, 6.07) is 13.0. The highest BCUT2D eigenvalue weighted by Gasteiger charge is 2.19. The highest BCUT2D eigenvalue weighted by atomic mass is 35.5. The van der Waals surface area contributed by atoms with Crippen molar-refractivity contribution in [1.82, 2.24) is 0 Å². The molecule has 5 heteroatoms. The average molecular weight is 331 g/mol. The van der Waals surface area contributed by atoms with E-state index < -0.39 is 0 Å². The summed E-state index contributed by atoms with van der Waals surface area (Å²) in [7, 11) is 1.51. The molecule has 0 unspecified atom stereocenters. The summed E-state index contributed by atoms with van der Waals surface area (Å²) < 4.78 is 5.26. The van der Waals surface area contributed by atoms with Gasteiger partial charge in [-0.2, -0.15) is 0 Å². The van der Waals surface area contributed by atoms with Gasteiger partial charge in [-0.1, -0.05) is 29.8 Å². The van der Waals surface area contributed by atoms with Crippen molar-refractivity contribution < 1.29 is 9.53 Å². The van der Waals surface area contributed by atoms with Crippen molar-refractivity contribution in [3.63, 3.8) is 0 Å². The number of halogens is 1. The smallest absolute Gasteiger partial charge is 0.259 e. The predicted octanol–water partition coefficient (Wildman–Crippen LogP) is 4.20. The number of hydrogen-bond donors (Lipinski definition) is 1. The predicted molar refractivity (Wildman–Crippen MR) is 93.8 cm³/mol. The van der Waals surface area contributed by atoms with Crippen LogP contribution < -0.4 is 15.0 Å². The van der Waals surface area contributed by atoms with Gasteiger partial charge < -0.3 is 15.0 Å². The first kappa shape index (κ1) is 15.7. The van der Waals surface area contributed by atoms with Crippen molar-refractivity contribution in [3.05, 3.63) is 53.1 Å². The summed E-state index contributed by atoms with van der Waals surface area (Å²) in [5.41, 5.74) is 2.29. The van der Waals surface area contributed by atoms with Gasteiger partial charge in [-0.25, -0.2) is 0 Å². The molecule has 1 heterocycles. The number of rotatable bonds is 4. The van der Waals surface area contributed by atoms with Gasteiger partial charge in [0.05, 0.1) is 29.1 Å². The molecule has 1 fully saturated rings. The van der Waals surface area contributed by atoms with Crippen LogP contribution in [0.15, 0.2) is 42.5 Å². The van der Waals surface area contributed by atoms with Gasteiger partial charge >= 0.3 is 0 Å². The molecule has 2 aromatic rings. The lowest BCUT2D eigenvalue weighted by Gasteiger charge is -2.21. The van der Waals surface area contributed by atoms with Crippen molar-refractivity contribution in [2.45, 2.75) is 12.8 Å². The third-order valence-corrected chi connectivity index (χ3v) is 4.31. The van der Waals surface area contributed by atoms with Crippen molar-refractivity contribution in [3.8, 4) is 5.75 Å². The third-order valence-electron chi connectivity index (χ3n) is 4.01. The Kier molecular flexibility index (Phi) is 4.72. The molecule has 0 spiro atoms. The van der Waals surface area contributed by atoms with Crippen LogP contribution in [0.4, 0.5) is 11.4 Å². The monoisotopic (exact) mass is 330 g/mol. The van der Waals surface area contributed by atoms with E-state index in [1.165, 1.54) is 20.0 Å². The largest absolute Gasteiger partial charge is 0.494 e. The second-order valence-electron chi connectivity index (χ2n) is 5.49. The van der Waals surface area contributed by atoms with Gasteiger partial charge in [0.25, 0.3) is 5.91 Å². The summed E-state index contributed by atoms with van der Waals surface area (Å²) in [4.78, 5) is 14.9. The van der Waals surface area contributed by atoms with Gasteiger partial charge in [-0.3, -0.25) is 4.79 Å². The summed E-state index contributed by atoms with van der Waals surface area (Å²) in [6.07, 6.45) is 2.37. The molecule has 1 saturated heterocycles. The zero-order chi connectivity index (χ0) is 16.2. The molecule has 1 aliphatic heterocycles. The van der Waals surface area contributed by atoms with E-state index in [0.29, 0.717) is 16.3 Å². The maximum absolute atomic E-state index is 12.6. The van der Waals surface area contributed by atoms with Crippen LogP contribution >= 0.6 is 11.6 Å². The van der Waals surface area contributed by atoms with Crippen LogP contribution in [-0.4, -0.2) is 26.1 Å². The topological polar surface area (TPSA) is 41.6 Å². The molecule has 0 aromatic heterocycles. The van der Waals surface area contributed by atoms with Gasteiger partial charge in [0.1, 0.15) is 5.75 Å². The quantitative estimate of drug-likeness (QED) is 0.913.